The Morgan fingerprint density at radius 3 is 2.56 bits per heavy atom. The van der Waals surface area contributed by atoms with E-state index in [-0.39, 0.29) is 36.5 Å². The first kappa shape index (κ1) is 26.2. The van der Waals surface area contributed by atoms with E-state index < -0.39 is 11.9 Å². The first-order valence-corrected chi connectivity index (χ1v) is 12.7. The van der Waals surface area contributed by atoms with Gasteiger partial charge in [0, 0.05) is 41.8 Å². The minimum Gasteiger partial charge on any atom is -0.481 e. The summed E-state index contributed by atoms with van der Waals surface area (Å²) in [6.45, 7) is 6.35. The highest BCUT2D eigenvalue weighted by atomic mass is 35.5. The van der Waals surface area contributed by atoms with Crippen LogP contribution in [0.5, 0.6) is 0 Å². The van der Waals surface area contributed by atoms with Crippen molar-refractivity contribution in [2.45, 2.75) is 71.1 Å². The maximum atomic E-state index is 13.0. The van der Waals surface area contributed by atoms with Gasteiger partial charge in [0.1, 0.15) is 5.76 Å². The zero-order valence-corrected chi connectivity index (χ0v) is 21.9. The normalized spacial score (nSPS) is 14.6. The molecule has 1 aliphatic carbocycles. The van der Waals surface area contributed by atoms with E-state index in [1.54, 1.807) is 18.2 Å². The van der Waals surface area contributed by atoms with Crippen LogP contribution in [-0.2, 0) is 16.0 Å². The van der Waals surface area contributed by atoms with Crippen molar-refractivity contribution >= 4 is 40.8 Å². The molecule has 0 radical (unpaired) electrons. The van der Waals surface area contributed by atoms with E-state index in [0.29, 0.717) is 39.3 Å². The molecule has 3 aromatic rings. The molecule has 0 aliphatic heterocycles. The number of carbonyl (C=O) groups is 2. The SMILES string of the molecule is CC(C)(C)Cc1cc(-c2onc([C@@H](CCC(=O)O)CC(=O)Nc3ccc(Cl)cc3Cl)c2C2CC2)no1. The molecule has 0 bridgehead atoms. The second-order valence-electron chi connectivity index (χ2n) is 10.5. The molecule has 1 aliphatic rings. The number of anilines is 1. The van der Waals surface area contributed by atoms with Gasteiger partial charge >= 0.3 is 5.97 Å². The van der Waals surface area contributed by atoms with E-state index in [0.717, 1.165) is 24.2 Å². The molecule has 2 N–H and O–H groups in total. The lowest BCUT2D eigenvalue weighted by molar-refractivity contribution is -0.137. The van der Waals surface area contributed by atoms with E-state index in [2.05, 4.69) is 36.4 Å². The van der Waals surface area contributed by atoms with Crippen molar-refractivity contribution in [2.75, 3.05) is 5.32 Å². The summed E-state index contributed by atoms with van der Waals surface area (Å²) >= 11 is 12.1. The van der Waals surface area contributed by atoms with Crippen LogP contribution < -0.4 is 5.32 Å². The van der Waals surface area contributed by atoms with Crippen LogP contribution in [0.4, 0.5) is 5.69 Å². The Hall–Kier alpha value is -2.84. The van der Waals surface area contributed by atoms with Crippen LogP contribution in [0.15, 0.2) is 33.3 Å². The summed E-state index contributed by atoms with van der Waals surface area (Å²) in [6, 6.07) is 6.66. The second kappa shape index (κ2) is 10.6. The minimum atomic E-state index is -0.943. The molecule has 1 fully saturated rings. The lowest BCUT2D eigenvalue weighted by Crippen LogP contribution is -2.17. The molecule has 0 spiro atoms. The zero-order valence-electron chi connectivity index (χ0n) is 20.4. The molecule has 1 atom stereocenters. The Morgan fingerprint density at radius 1 is 1.17 bits per heavy atom. The number of rotatable bonds is 10. The number of benzene rings is 1. The Balaban J connectivity index is 1.60. The number of halogens is 2. The van der Waals surface area contributed by atoms with Gasteiger partial charge in [0.25, 0.3) is 0 Å². The summed E-state index contributed by atoms with van der Waals surface area (Å²) in [5.74, 6) is -0.209. The highest BCUT2D eigenvalue weighted by molar-refractivity contribution is 6.36. The molecule has 0 saturated heterocycles. The third-order valence-corrected chi connectivity index (χ3v) is 6.52. The predicted molar refractivity (Wildman–Crippen MR) is 136 cm³/mol. The standard InChI is InChI=1S/C26H29Cl2N3O5/c1-26(2,3)13-17-12-20(30-35-17)25-23(14-4-5-14)24(31-36-25)15(6-9-22(33)34)10-21(32)29-19-8-7-16(27)11-18(19)28/h7-8,11-12,14-15H,4-6,9-10,13H2,1-3H3,(H,29,32)(H,33,34)/t15-/m0/s1. The maximum absolute atomic E-state index is 13.0. The zero-order chi connectivity index (χ0) is 26.0. The lowest BCUT2D eigenvalue weighted by Gasteiger charge is -2.16. The highest BCUT2D eigenvalue weighted by Gasteiger charge is 2.37. The van der Waals surface area contributed by atoms with E-state index in [4.69, 9.17) is 32.2 Å². The van der Waals surface area contributed by atoms with Crippen molar-refractivity contribution in [3.8, 4) is 11.5 Å². The van der Waals surface area contributed by atoms with Gasteiger partial charge in [0.2, 0.25) is 5.91 Å². The molecule has 36 heavy (non-hydrogen) atoms. The van der Waals surface area contributed by atoms with Crippen molar-refractivity contribution in [3.05, 3.63) is 51.3 Å². The molecule has 2 aromatic heterocycles. The Labute approximate surface area is 219 Å². The fourth-order valence-electron chi connectivity index (χ4n) is 4.23. The number of carboxylic acids is 1. The molecular formula is C26H29Cl2N3O5. The van der Waals surface area contributed by atoms with Gasteiger partial charge < -0.3 is 19.5 Å². The number of nitrogens with zero attached hydrogens (tertiary/aromatic N) is 2. The molecule has 1 amide bonds. The number of carboxylic acid groups (broad SMARTS) is 1. The van der Waals surface area contributed by atoms with Crippen LogP contribution in [-0.4, -0.2) is 27.3 Å². The van der Waals surface area contributed by atoms with Crippen molar-refractivity contribution in [1.29, 1.82) is 0 Å². The summed E-state index contributed by atoms with van der Waals surface area (Å²) in [6.07, 6.45) is 2.79. The minimum absolute atomic E-state index is 0.0199. The quantitative estimate of drug-likeness (QED) is 0.285. The van der Waals surface area contributed by atoms with Crippen molar-refractivity contribution in [2.24, 2.45) is 5.41 Å². The third-order valence-electron chi connectivity index (χ3n) is 5.97. The smallest absolute Gasteiger partial charge is 0.303 e. The van der Waals surface area contributed by atoms with Crippen LogP contribution >= 0.6 is 23.2 Å². The molecule has 1 saturated carbocycles. The van der Waals surface area contributed by atoms with Crippen LogP contribution in [0, 0.1) is 5.41 Å². The van der Waals surface area contributed by atoms with E-state index in [9.17, 15) is 14.7 Å². The number of amides is 1. The van der Waals surface area contributed by atoms with Crippen LogP contribution in [0.3, 0.4) is 0 Å². The topological polar surface area (TPSA) is 118 Å². The molecule has 10 heteroatoms. The summed E-state index contributed by atoms with van der Waals surface area (Å²) in [4.78, 5) is 24.3. The van der Waals surface area contributed by atoms with E-state index >= 15 is 0 Å². The average Bonchev–Trinajstić information content (AvgIpc) is 3.35. The largest absolute Gasteiger partial charge is 0.481 e. The van der Waals surface area contributed by atoms with Gasteiger partial charge in [0.15, 0.2) is 11.5 Å². The molecule has 192 valence electrons. The van der Waals surface area contributed by atoms with Crippen molar-refractivity contribution in [3.63, 3.8) is 0 Å². The fourth-order valence-corrected chi connectivity index (χ4v) is 4.69. The Morgan fingerprint density at radius 2 is 1.92 bits per heavy atom. The second-order valence-corrected chi connectivity index (χ2v) is 11.4. The van der Waals surface area contributed by atoms with Crippen molar-refractivity contribution < 1.29 is 23.7 Å². The van der Waals surface area contributed by atoms with Crippen LogP contribution in [0.2, 0.25) is 10.0 Å². The molecular weight excluding hydrogens is 505 g/mol. The average molecular weight is 534 g/mol. The first-order valence-electron chi connectivity index (χ1n) is 11.9. The Kier molecular flexibility index (Phi) is 7.76. The number of carbonyl (C=O) groups excluding carboxylic acids is 1. The monoisotopic (exact) mass is 533 g/mol. The summed E-state index contributed by atoms with van der Waals surface area (Å²) < 4.78 is 11.3. The molecule has 1 aromatic carbocycles. The van der Waals surface area contributed by atoms with E-state index in [1.165, 1.54) is 0 Å². The maximum Gasteiger partial charge on any atom is 0.303 e. The van der Waals surface area contributed by atoms with Gasteiger partial charge in [-0.25, -0.2) is 0 Å². The summed E-state index contributed by atoms with van der Waals surface area (Å²) in [5.41, 5.74) is 2.51. The number of hydrogen-bond acceptors (Lipinski definition) is 6. The van der Waals surface area contributed by atoms with Crippen LogP contribution in [0.1, 0.15) is 81.7 Å². The number of aromatic nitrogens is 2. The molecule has 8 nitrogen and oxygen atoms in total. The van der Waals surface area contributed by atoms with Gasteiger partial charge in [-0.2, -0.15) is 0 Å². The van der Waals surface area contributed by atoms with Gasteiger partial charge in [0.05, 0.1) is 16.4 Å². The molecule has 0 unspecified atom stereocenters. The number of aliphatic carboxylic acids is 1. The lowest BCUT2D eigenvalue weighted by atomic mass is 9.89. The first-order chi connectivity index (χ1) is 17.0. The number of hydrogen-bond donors (Lipinski definition) is 2. The molecule has 4 rings (SSSR count). The Bertz CT molecular complexity index is 1260. The van der Waals surface area contributed by atoms with Crippen LogP contribution in [0.25, 0.3) is 11.5 Å². The number of nitrogens with one attached hydrogen (secondary N) is 1. The molecule has 2 heterocycles. The van der Waals surface area contributed by atoms with Crippen molar-refractivity contribution in [1.82, 2.24) is 10.3 Å². The van der Waals surface area contributed by atoms with Gasteiger partial charge in [-0.15, -0.1) is 0 Å². The summed E-state index contributed by atoms with van der Waals surface area (Å²) in [7, 11) is 0. The fraction of sp³-hybridized carbons (Fsp3) is 0.462. The summed E-state index contributed by atoms with van der Waals surface area (Å²) in [5, 5.41) is 21.4. The van der Waals surface area contributed by atoms with Gasteiger partial charge in [-0.1, -0.05) is 54.3 Å². The third kappa shape index (κ3) is 6.68. The highest BCUT2D eigenvalue weighted by Crippen LogP contribution is 2.48. The van der Waals surface area contributed by atoms with Gasteiger partial charge in [-0.05, 0) is 48.8 Å². The van der Waals surface area contributed by atoms with E-state index in [1.807, 2.05) is 6.07 Å². The van der Waals surface area contributed by atoms with Gasteiger partial charge in [-0.3, -0.25) is 9.59 Å². The predicted octanol–water partition coefficient (Wildman–Crippen LogP) is 7.08.